The molecular formula is C26H35N3O2. The average molecular weight is 422 g/mol. The van der Waals surface area contributed by atoms with E-state index in [0.717, 1.165) is 30.5 Å². The van der Waals surface area contributed by atoms with Crippen LogP contribution < -0.4 is 5.32 Å². The first-order valence-corrected chi connectivity index (χ1v) is 11.9. The molecule has 0 spiro atoms. The van der Waals surface area contributed by atoms with E-state index in [-0.39, 0.29) is 17.9 Å². The summed E-state index contributed by atoms with van der Waals surface area (Å²) in [7, 11) is 0. The van der Waals surface area contributed by atoms with E-state index in [1.807, 2.05) is 41.8 Å². The number of hydrogen-bond acceptors (Lipinski definition) is 2. The fourth-order valence-electron chi connectivity index (χ4n) is 5.15. The predicted octanol–water partition coefficient (Wildman–Crippen LogP) is 5.01. The van der Waals surface area contributed by atoms with Gasteiger partial charge in [-0.2, -0.15) is 0 Å². The summed E-state index contributed by atoms with van der Waals surface area (Å²) in [6, 6.07) is 14.2. The second kappa shape index (κ2) is 9.29. The molecule has 2 aliphatic rings. The third-order valence-corrected chi connectivity index (χ3v) is 6.95. The van der Waals surface area contributed by atoms with Gasteiger partial charge in [-0.3, -0.25) is 9.59 Å². The van der Waals surface area contributed by atoms with Gasteiger partial charge in [-0.1, -0.05) is 69.4 Å². The monoisotopic (exact) mass is 421 g/mol. The van der Waals surface area contributed by atoms with Gasteiger partial charge >= 0.3 is 0 Å². The van der Waals surface area contributed by atoms with E-state index >= 15 is 0 Å². The molecule has 31 heavy (non-hydrogen) atoms. The maximum atomic E-state index is 13.7. The molecule has 1 saturated carbocycles. The van der Waals surface area contributed by atoms with E-state index in [9.17, 15) is 9.59 Å². The first-order chi connectivity index (χ1) is 15.0. The third-order valence-electron chi connectivity index (χ3n) is 6.95. The number of rotatable bonds is 5. The molecule has 0 saturated heterocycles. The predicted molar refractivity (Wildman–Crippen MR) is 124 cm³/mol. The summed E-state index contributed by atoms with van der Waals surface area (Å²) in [5, 5.41) is 3.34. The van der Waals surface area contributed by atoms with Crippen LogP contribution in [0.4, 0.5) is 0 Å². The number of amides is 2. The Kier molecular flexibility index (Phi) is 6.49. The molecule has 1 fully saturated rings. The van der Waals surface area contributed by atoms with Gasteiger partial charge in [-0.25, -0.2) is 0 Å². The quantitative estimate of drug-likeness (QED) is 0.738. The first kappa shape index (κ1) is 21.7. The van der Waals surface area contributed by atoms with Crippen molar-refractivity contribution in [2.75, 3.05) is 6.54 Å². The van der Waals surface area contributed by atoms with Crippen LogP contribution in [0.5, 0.6) is 0 Å². The van der Waals surface area contributed by atoms with Crippen molar-refractivity contribution in [3.8, 4) is 11.3 Å². The lowest BCUT2D eigenvalue weighted by Gasteiger charge is -2.45. The summed E-state index contributed by atoms with van der Waals surface area (Å²) in [6.45, 7) is 5.06. The summed E-state index contributed by atoms with van der Waals surface area (Å²) in [5.41, 5.74) is 1.83. The fourth-order valence-corrected chi connectivity index (χ4v) is 5.15. The zero-order valence-electron chi connectivity index (χ0n) is 18.9. The van der Waals surface area contributed by atoms with E-state index in [1.165, 1.54) is 32.1 Å². The summed E-state index contributed by atoms with van der Waals surface area (Å²) < 4.78 is 2.04. The fraction of sp³-hybridized carbons (Fsp3) is 0.538. The molecular weight excluding hydrogens is 386 g/mol. The van der Waals surface area contributed by atoms with Crippen LogP contribution in [0.3, 0.4) is 0 Å². The molecule has 5 heteroatoms. The van der Waals surface area contributed by atoms with Crippen LogP contribution in [-0.2, 0) is 11.3 Å². The van der Waals surface area contributed by atoms with Crippen molar-refractivity contribution in [3.63, 3.8) is 0 Å². The lowest BCUT2D eigenvalue weighted by Crippen LogP contribution is -2.65. The highest BCUT2D eigenvalue weighted by atomic mass is 16.2. The largest absolute Gasteiger partial charge is 0.351 e. The Labute approximate surface area is 185 Å². The highest BCUT2D eigenvalue weighted by molar-refractivity contribution is 6.00. The molecule has 166 valence electrons. The van der Waals surface area contributed by atoms with Crippen LogP contribution in [-0.4, -0.2) is 39.4 Å². The number of benzene rings is 1. The van der Waals surface area contributed by atoms with E-state index < -0.39 is 5.54 Å². The van der Waals surface area contributed by atoms with Gasteiger partial charge < -0.3 is 14.8 Å². The number of carbonyl (C=O) groups excluding carboxylic acids is 2. The normalized spacial score (nSPS) is 22.5. The Hall–Kier alpha value is -2.56. The molecule has 5 nitrogen and oxygen atoms in total. The van der Waals surface area contributed by atoms with Crippen molar-refractivity contribution in [1.29, 1.82) is 0 Å². The molecule has 1 aromatic carbocycles. The van der Waals surface area contributed by atoms with Gasteiger partial charge in [0, 0.05) is 18.3 Å². The highest BCUT2D eigenvalue weighted by Gasteiger charge is 2.47. The van der Waals surface area contributed by atoms with Crippen molar-refractivity contribution < 1.29 is 9.59 Å². The molecule has 1 aromatic heterocycles. The van der Waals surface area contributed by atoms with Gasteiger partial charge in [0.25, 0.3) is 5.91 Å². The zero-order valence-corrected chi connectivity index (χ0v) is 18.9. The van der Waals surface area contributed by atoms with Crippen molar-refractivity contribution >= 4 is 11.8 Å². The number of hydrogen-bond donors (Lipinski definition) is 1. The van der Waals surface area contributed by atoms with Crippen molar-refractivity contribution in [2.24, 2.45) is 0 Å². The van der Waals surface area contributed by atoms with Gasteiger partial charge in [0.15, 0.2) is 0 Å². The Morgan fingerprint density at radius 2 is 1.65 bits per heavy atom. The molecule has 1 unspecified atom stereocenters. The van der Waals surface area contributed by atoms with Gasteiger partial charge in [-0.15, -0.1) is 0 Å². The smallest absolute Gasteiger partial charge is 0.271 e. The lowest BCUT2D eigenvalue weighted by molar-refractivity contribution is -0.133. The van der Waals surface area contributed by atoms with Gasteiger partial charge in [-0.05, 0) is 43.9 Å². The summed E-state index contributed by atoms with van der Waals surface area (Å²) in [4.78, 5) is 29.0. The molecule has 1 aliphatic carbocycles. The molecule has 2 aromatic rings. The number of fused-ring (bicyclic) bond motifs is 1. The minimum Gasteiger partial charge on any atom is -0.351 e. The first-order valence-electron chi connectivity index (χ1n) is 11.9. The Morgan fingerprint density at radius 3 is 2.32 bits per heavy atom. The molecule has 2 amide bonds. The standard InChI is InChI=1S/C26H35N3O2/c1-3-18-29-24(30)23-17-16-22(20-12-8-7-9-13-20)28(23)19-26(29,2)25(31)27-21-14-10-5-4-6-11-15-21/h7-9,12-13,16-17,21H,3-6,10-11,14-15,18-19H2,1-2H3,(H,27,31). The Balaban J connectivity index is 1.65. The summed E-state index contributed by atoms with van der Waals surface area (Å²) in [5.74, 6) is -0.0659. The highest BCUT2D eigenvalue weighted by Crippen LogP contribution is 2.33. The maximum Gasteiger partial charge on any atom is 0.271 e. The zero-order chi connectivity index (χ0) is 21.8. The Bertz CT molecular complexity index is 912. The van der Waals surface area contributed by atoms with Crippen LogP contribution in [0.1, 0.15) is 75.7 Å². The van der Waals surface area contributed by atoms with Gasteiger partial charge in [0.05, 0.1) is 6.54 Å². The van der Waals surface area contributed by atoms with E-state index in [4.69, 9.17) is 0 Å². The minimum atomic E-state index is -0.898. The second-order valence-corrected chi connectivity index (χ2v) is 9.30. The van der Waals surface area contributed by atoms with Crippen LogP contribution in [0.2, 0.25) is 0 Å². The molecule has 1 aliphatic heterocycles. The van der Waals surface area contributed by atoms with Gasteiger partial charge in [0.2, 0.25) is 5.91 Å². The van der Waals surface area contributed by atoms with Crippen molar-refractivity contribution in [3.05, 3.63) is 48.2 Å². The molecule has 0 radical (unpaired) electrons. The average Bonchev–Trinajstić information content (AvgIpc) is 3.17. The maximum absolute atomic E-state index is 13.7. The minimum absolute atomic E-state index is 0.0155. The molecule has 0 bridgehead atoms. The topological polar surface area (TPSA) is 54.3 Å². The van der Waals surface area contributed by atoms with Crippen molar-refractivity contribution in [2.45, 2.75) is 83.3 Å². The molecule has 1 N–H and O–H groups in total. The Morgan fingerprint density at radius 1 is 1.00 bits per heavy atom. The van der Waals surface area contributed by atoms with E-state index in [2.05, 4.69) is 24.4 Å². The van der Waals surface area contributed by atoms with Gasteiger partial charge in [0.1, 0.15) is 11.2 Å². The van der Waals surface area contributed by atoms with E-state index in [1.54, 1.807) is 4.90 Å². The SMILES string of the molecule is CCCN1C(=O)c2ccc(-c3ccccc3)n2CC1(C)C(=O)NC1CCCCCCC1. The summed E-state index contributed by atoms with van der Waals surface area (Å²) >= 11 is 0. The lowest BCUT2D eigenvalue weighted by atomic mass is 9.92. The van der Waals surface area contributed by atoms with E-state index in [0.29, 0.717) is 18.8 Å². The number of carbonyl (C=O) groups is 2. The second-order valence-electron chi connectivity index (χ2n) is 9.30. The molecule has 2 heterocycles. The molecule has 1 atom stereocenters. The van der Waals surface area contributed by atoms with Crippen LogP contribution >= 0.6 is 0 Å². The summed E-state index contributed by atoms with van der Waals surface area (Å²) in [6.07, 6.45) is 9.02. The third kappa shape index (κ3) is 4.28. The number of nitrogens with zero attached hydrogens (tertiary/aromatic N) is 2. The number of aromatic nitrogens is 1. The number of nitrogens with one attached hydrogen (secondary N) is 1. The van der Waals surface area contributed by atoms with Crippen molar-refractivity contribution in [1.82, 2.24) is 14.8 Å². The van der Waals surface area contributed by atoms with Crippen LogP contribution in [0.25, 0.3) is 11.3 Å². The van der Waals surface area contributed by atoms with Crippen LogP contribution in [0.15, 0.2) is 42.5 Å². The van der Waals surface area contributed by atoms with Crippen LogP contribution in [0, 0.1) is 0 Å². The molecule has 4 rings (SSSR count).